The molecule has 1 saturated heterocycles. The van der Waals surface area contributed by atoms with Crippen LogP contribution in [0, 0.1) is 11.7 Å². The molecule has 0 N–H and O–H groups in total. The summed E-state index contributed by atoms with van der Waals surface area (Å²) in [5.41, 5.74) is 1.01. The number of nitrogens with zero attached hydrogens (tertiary/aromatic N) is 2. The van der Waals surface area contributed by atoms with Crippen molar-refractivity contribution in [1.29, 1.82) is 0 Å². The number of amides is 2. The van der Waals surface area contributed by atoms with Gasteiger partial charge in [-0.05, 0) is 18.2 Å². The lowest BCUT2D eigenvalue weighted by Crippen LogP contribution is -2.34. The van der Waals surface area contributed by atoms with E-state index in [0.717, 1.165) is 0 Å². The van der Waals surface area contributed by atoms with Crippen molar-refractivity contribution in [3.8, 4) is 11.5 Å². The number of rotatable bonds is 6. The number of hydrogen-bond donors (Lipinski definition) is 0. The molecule has 1 aliphatic rings. The molecule has 0 spiro atoms. The van der Waals surface area contributed by atoms with Gasteiger partial charge in [0.25, 0.3) is 0 Å². The first kappa shape index (κ1) is 19.7. The van der Waals surface area contributed by atoms with Gasteiger partial charge in [0.1, 0.15) is 17.3 Å². The molecule has 28 heavy (non-hydrogen) atoms. The van der Waals surface area contributed by atoms with E-state index in [1.807, 2.05) is 0 Å². The Morgan fingerprint density at radius 3 is 2.64 bits per heavy atom. The van der Waals surface area contributed by atoms with Gasteiger partial charge >= 0.3 is 0 Å². The zero-order valence-electron chi connectivity index (χ0n) is 16.1. The second kappa shape index (κ2) is 8.29. The van der Waals surface area contributed by atoms with Crippen molar-refractivity contribution in [2.24, 2.45) is 5.92 Å². The highest BCUT2D eigenvalue weighted by Gasteiger charge is 2.37. The van der Waals surface area contributed by atoms with E-state index < -0.39 is 5.92 Å². The van der Waals surface area contributed by atoms with Crippen LogP contribution < -0.4 is 14.4 Å². The minimum Gasteiger partial charge on any atom is -0.497 e. The normalized spacial score (nSPS) is 16.2. The highest BCUT2D eigenvalue weighted by molar-refractivity contribution is 6.01. The van der Waals surface area contributed by atoms with Crippen LogP contribution in [-0.2, 0) is 16.1 Å². The highest BCUT2D eigenvalue weighted by atomic mass is 19.1. The standard InChI is InChI=1S/C21H23FN2O4/c1-23(12-14-6-4-5-7-17(14)22)21(26)15-10-20(25)24(13-15)18-11-16(27-2)8-9-19(18)28-3/h4-9,11,15H,10,12-13H2,1-3H3. The van der Waals surface area contributed by atoms with Crippen molar-refractivity contribution in [1.82, 2.24) is 4.90 Å². The van der Waals surface area contributed by atoms with Crippen molar-refractivity contribution < 1.29 is 23.5 Å². The van der Waals surface area contributed by atoms with Crippen molar-refractivity contribution in [2.75, 3.05) is 32.7 Å². The smallest absolute Gasteiger partial charge is 0.228 e. The molecule has 3 rings (SSSR count). The van der Waals surface area contributed by atoms with Crippen LogP contribution in [-0.4, -0.2) is 44.5 Å². The van der Waals surface area contributed by atoms with Gasteiger partial charge in [0, 0.05) is 38.2 Å². The molecular weight excluding hydrogens is 363 g/mol. The van der Waals surface area contributed by atoms with Gasteiger partial charge in [0.05, 0.1) is 25.8 Å². The molecule has 1 aliphatic heterocycles. The first-order chi connectivity index (χ1) is 13.4. The van der Waals surface area contributed by atoms with Crippen LogP contribution in [0.1, 0.15) is 12.0 Å². The van der Waals surface area contributed by atoms with Crippen LogP contribution >= 0.6 is 0 Å². The van der Waals surface area contributed by atoms with Crippen molar-refractivity contribution >= 4 is 17.5 Å². The predicted octanol–water partition coefficient (Wildman–Crippen LogP) is 2.85. The van der Waals surface area contributed by atoms with Gasteiger partial charge in [-0.15, -0.1) is 0 Å². The van der Waals surface area contributed by atoms with E-state index in [4.69, 9.17) is 9.47 Å². The molecule has 2 aromatic rings. The Morgan fingerprint density at radius 2 is 1.96 bits per heavy atom. The Balaban J connectivity index is 1.75. The van der Waals surface area contributed by atoms with Crippen LogP contribution in [0.2, 0.25) is 0 Å². The van der Waals surface area contributed by atoms with Gasteiger partial charge in [-0.3, -0.25) is 9.59 Å². The zero-order valence-corrected chi connectivity index (χ0v) is 16.1. The third-order valence-electron chi connectivity index (χ3n) is 4.89. The van der Waals surface area contributed by atoms with Gasteiger partial charge in [0.2, 0.25) is 11.8 Å². The molecule has 1 fully saturated rings. The van der Waals surface area contributed by atoms with Gasteiger partial charge in [-0.2, -0.15) is 0 Å². The number of anilines is 1. The molecule has 0 saturated carbocycles. The molecule has 0 aromatic heterocycles. The molecule has 2 aromatic carbocycles. The Bertz CT molecular complexity index is 886. The molecule has 1 heterocycles. The molecule has 0 bridgehead atoms. The lowest BCUT2D eigenvalue weighted by atomic mass is 10.1. The maximum absolute atomic E-state index is 13.9. The zero-order chi connectivity index (χ0) is 20.3. The monoisotopic (exact) mass is 386 g/mol. The van der Waals surface area contributed by atoms with Crippen molar-refractivity contribution in [2.45, 2.75) is 13.0 Å². The number of ether oxygens (including phenoxy) is 2. The van der Waals surface area contributed by atoms with Crippen LogP contribution in [0.5, 0.6) is 11.5 Å². The molecular formula is C21H23FN2O4. The maximum atomic E-state index is 13.9. The Labute approximate surface area is 163 Å². The summed E-state index contributed by atoms with van der Waals surface area (Å²) in [6, 6.07) is 11.5. The number of benzene rings is 2. The summed E-state index contributed by atoms with van der Waals surface area (Å²) in [6.45, 7) is 0.390. The maximum Gasteiger partial charge on any atom is 0.228 e. The summed E-state index contributed by atoms with van der Waals surface area (Å²) in [5, 5.41) is 0. The van der Waals surface area contributed by atoms with E-state index in [1.165, 1.54) is 18.1 Å². The highest BCUT2D eigenvalue weighted by Crippen LogP contribution is 2.36. The third kappa shape index (κ3) is 3.93. The van der Waals surface area contributed by atoms with Crippen LogP contribution in [0.25, 0.3) is 0 Å². The Kier molecular flexibility index (Phi) is 5.82. The minimum absolute atomic E-state index is 0.0980. The number of hydrogen-bond acceptors (Lipinski definition) is 4. The first-order valence-corrected chi connectivity index (χ1v) is 8.95. The van der Waals surface area contributed by atoms with Crippen LogP contribution in [0.3, 0.4) is 0 Å². The quantitative estimate of drug-likeness (QED) is 0.766. The Morgan fingerprint density at radius 1 is 1.21 bits per heavy atom. The van der Waals surface area contributed by atoms with E-state index in [1.54, 1.807) is 55.5 Å². The lowest BCUT2D eigenvalue weighted by Gasteiger charge is -2.23. The van der Waals surface area contributed by atoms with Crippen molar-refractivity contribution in [3.63, 3.8) is 0 Å². The number of halogens is 1. The average Bonchev–Trinajstić information content (AvgIpc) is 3.09. The second-order valence-corrected chi connectivity index (χ2v) is 6.73. The lowest BCUT2D eigenvalue weighted by molar-refractivity contribution is -0.135. The molecule has 148 valence electrons. The summed E-state index contributed by atoms with van der Waals surface area (Å²) < 4.78 is 24.5. The van der Waals surface area contributed by atoms with Crippen LogP contribution in [0.4, 0.5) is 10.1 Å². The summed E-state index contributed by atoms with van der Waals surface area (Å²) in [7, 11) is 4.69. The Hall–Kier alpha value is -3.09. The third-order valence-corrected chi connectivity index (χ3v) is 4.89. The fourth-order valence-corrected chi connectivity index (χ4v) is 3.39. The van der Waals surface area contributed by atoms with Gasteiger partial charge in [0.15, 0.2) is 0 Å². The molecule has 1 atom stereocenters. The molecule has 1 unspecified atom stereocenters. The number of carbonyl (C=O) groups is 2. The van der Waals surface area contributed by atoms with E-state index in [9.17, 15) is 14.0 Å². The minimum atomic E-state index is -0.500. The van der Waals surface area contributed by atoms with Gasteiger partial charge in [-0.1, -0.05) is 18.2 Å². The van der Waals surface area contributed by atoms with Gasteiger partial charge < -0.3 is 19.3 Å². The molecule has 6 nitrogen and oxygen atoms in total. The average molecular weight is 386 g/mol. The van der Waals surface area contributed by atoms with E-state index in [-0.39, 0.29) is 37.1 Å². The summed E-state index contributed by atoms with van der Waals surface area (Å²) >= 11 is 0. The van der Waals surface area contributed by atoms with E-state index >= 15 is 0 Å². The van der Waals surface area contributed by atoms with Crippen LogP contribution in [0.15, 0.2) is 42.5 Å². The molecule has 2 amide bonds. The number of methoxy groups -OCH3 is 2. The fourth-order valence-electron chi connectivity index (χ4n) is 3.39. The largest absolute Gasteiger partial charge is 0.497 e. The molecule has 7 heteroatoms. The summed E-state index contributed by atoms with van der Waals surface area (Å²) in [5.74, 6) is -0.0882. The number of carbonyl (C=O) groups excluding carboxylic acids is 2. The second-order valence-electron chi connectivity index (χ2n) is 6.73. The van der Waals surface area contributed by atoms with Crippen molar-refractivity contribution in [3.05, 3.63) is 53.8 Å². The van der Waals surface area contributed by atoms with Gasteiger partial charge in [-0.25, -0.2) is 4.39 Å². The molecule has 0 aliphatic carbocycles. The predicted molar refractivity (Wildman–Crippen MR) is 103 cm³/mol. The first-order valence-electron chi connectivity index (χ1n) is 8.95. The fraction of sp³-hybridized carbons (Fsp3) is 0.333. The van der Waals surface area contributed by atoms with E-state index in [0.29, 0.717) is 22.7 Å². The topological polar surface area (TPSA) is 59.1 Å². The summed E-state index contributed by atoms with van der Waals surface area (Å²) in [4.78, 5) is 28.4. The SMILES string of the molecule is COc1ccc(OC)c(N2CC(C(=O)N(C)Cc3ccccc3F)CC2=O)c1. The molecule has 0 radical (unpaired) electrons. The summed E-state index contributed by atoms with van der Waals surface area (Å²) in [6.07, 6.45) is 0.0980. The van der Waals surface area contributed by atoms with E-state index in [2.05, 4.69) is 0 Å².